The van der Waals surface area contributed by atoms with Gasteiger partial charge in [0.1, 0.15) is 0 Å². The predicted octanol–water partition coefficient (Wildman–Crippen LogP) is 0.358. The van der Waals surface area contributed by atoms with E-state index in [9.17, 15) is 4.79 Å². The fourth-order valence-corrected chi connectivity index (χ4v) is 1.21. The molecule has 1 amide bonds. The Morgan fingerprint density at radius 2 is 2.25 bits per heavy atom. The zero-order chi connectivity index (χ0) is 12.0. The van der Waals surface area contributed by atoms with Crippen molar-refractivity contribution in [3.8, 4) is 0 Å². The van der Waals surface area contributed by atoms with Crippen molar-refractivity contribution in [1.82, 2.24) is 10.6 Å². The summed E-state index contributed by atoms with van der Waals surface area (Å²) in [6.07, 6.45) is 3.69. The van der Waals surface area contributed by atoms with Crippen molar-refractivity contribution in [1.29, 1.82) is 0 Å². The Labute approximate surface area is 96.9 Å². The van der Waals surface area contributed by atoms with Crippen LogP contribution in [0.25, 0.3) is 0 Å². The van der Waals surface area contributed by atoms with E-state index >= 15 is 0 Å². The van der Waals surface area contributed by atoms with Crippen molar-refractivity contribution < 1.29 is 4.79 Å². The molecule has 1 rings (SSSR count). The van der Waals surface area contributed by atoms with Crippen LogP contribution in [0.2, 0.25) is 0 Å². The number of hydrogen-bond donors (Lipinski definition) is 3. The highest BCUT2D eigenvalue weighted by molar-refractivity contribution is 5.79. The van der Waals surface area contributed by atoms with Gasteiger partial charge in [-0.1, -0.05) is 6.92 Å². The van der Waals surface area contributed by atoms with Crippen LogP contribution in [0.5, 0.6) is 0 Å². The third-order valence-corrected chi connectivity index (χ3v) is 2.57. The quantitative estimate of drug-likeness (QED) is 0.452. The molecule has 0 aromatic carbocycles. The fourth-order valence-electron chi connectivity index (χ4n) is 1.21. The van der Waals surface area contributed by atoms with Crippen LogP contribution in [-0.4, -0.2) is 30.5 Å². The molecule has 4 N–H and O–H groups in total. The lowest BCUT2D eigenvalue weighted by molar-refractivity contribution is -0.121. The van der Waals surface area contributed by atoms with Gasteiger partial charge in [0, 0.05) is 18.5 Å². The number of carbonyl (C=O) groups is 1. The van der Waals surface area contributed by atoms with Gasteiger partial charge in [0.2, 0.25) is 5.91 Å². The minimum absolute atomic E-state index is 0.0392. The number of amides is 1. The van der Waals surface area contributed by atoms with Gasteiger partial charge in [0.05, 0.1) is 6.54 Å². The smallest absolute Gasteiger partial charge is 0.222 e. The van der Waals surface area contributed by atoms with Gasteiger partial charge in [0.25, 0.3) is 0 Å². The Morgan fingerprint density at radius 3 is 2.81 bits per heavy atom. The minimum atomic E-state index is 0.0392. The van der Waals surface area contributed by atoms with Gasteiger partial charge in [-0.05, 0) is 26.2 Å². The molecular formula is C11H22N4O. The van der Waals surface area contributed by atoms with E-state index in [-0.39, 0.29) is 11.9 Å². The summed E-state index contributed by atoms with van der Waals surface area (Å²) < 4.78 is 0. The number of carbonyl (C=O) groups excluding carboxylic acids is 1. The van der Waals surface area contributed by atoms with Crippen LogP contribution in [0.1, 0.15) is 39.5 Å². The highest BCUT2D eigenvalue weighted by atomic mass is 16.1. The highest BCUT2D eigenvalue weighted by Crippen LogP contribution is 2.17. The molecule has 1 fully saturated rings. The van der Waals surface area contributed by atoms with E-state index in [1.54, 1.807) is 0 Å². The first-order valence-electron chi connectivity index (χ1n) is 5.97. The second-order valence-electron chi connectivity index (χ2n) is 4.31. The zero-order valence-corrected chi connectivity index (χ0v) is 10.1. The molecule has 0 radical (unpaired) electrons. The van der Waals surface area contributed by atoms with Crippen LogP contribution in [-0.2, 0) is 4.79 Å². The molecule has 0 bridgehead atoms. The van der Waals surface area contributed by atoms with E-state index in [0.29, 0.717) is 25.0 Å². The lowest BCUT2D eigenvalue weighted by Gasteiger charge is -2.10. The molecule has 1 atom stereocenters. The average Bonchev–Trinajstić information content (AvgIpc) is 3.01. The lowest BCUT2D eigenvalue weighted by atomic mass is 10.2. The molecule has 92 valence electrons. The van der Waals surface area contributed by atoms with Crippen molar-refractivity contribution in [3.63, 3.8) is 0 Å². The third-order valence-electron chi connectivity index (χ3n) is 2.57. The largest absolute Gasteiger partial charge is 0.370 e. The van der Waals surface area contributed by atoms with Crippen molar-refractivity contribution in [2.75, 3.05) is 6.54 Å². The summed E-state index contributed by atoms with van der Waals surface area (Å²) in [6.45, 7) is 4.48. The minimum Gasteiger partial charge on any atom is -0.370 e. The van der Waals surface area contributed by atoms with E-state index in [0.717, 1.165) is 6.42 Å². The topological polar surface area (TPSA) is 79.5 Å². The van der Waals surface area contributed by atoms with E-state index in [2.05, 4.69) is 15.6 Å². The van der Waals surface area contributed by atoms with E-state index in [1.807, 2.05) is 13.8 Å². The third kappa shape index (κ3) is 5.58. The summed E-state index contributed by atoms with van der Waals surface area (Å²) in [5.41, 5.74) is 5.64. The van der Waals surface area contributed by atoms with E-state index in [1.165, 1.54) is 12.8 Å². The Kier molecular flexibility index (Phi) is 5.08. The SMILES string of the molecule is CCC(C)NC(=O)CCN=C(N)NC1CC1. The molecule has 0 aliphatic heterocycles. The van der Waals surface area contributed by atoms with Gasteiger partial charge in [0.15, 0.2) is 5.96 Å². The van der Waals surface area contributed by atoms with Gasteiger partial charge in [-0.3, -0.25) is 9.79 Å². The monoisotopic (exact) mass is 226 g/mol. The number of rotatable bonds is 6. The standard InChI is InChI=1S/C11H22N4O/c1-3-8(2)14-10(16)6-7-13-11(12)15-9-4-5-9/h8-9H,3-7H2,1-2H3,(H,14,16)(H3,12,13,15). The maximum atomic E-state index is 11.4. The van der Waals surface area contributed by atoms with Gasteiger partial charge in [-0.15, -0.1) is 0 Å². The maximum Gasteiger partial charge on any atom is 0.222 e. The van der Waals surface area contributed by atoms with E-state index in [4.69, 9.17) is 5.73 Å². The number of hydrogen-bond acceptors (Lipinski definition) is 2. The summed E-state index contributed by atoms with van der Waals surface area (Å²) in [6, 6.07) is 0.746. The number of nitrogens with zero attached hydrogens (tertiary/aromatic N) is 1. The predicted molar refractivity (Wildman–Crippen MR) is 65.2 cm³/mol. The van der Waals surface area contributed by atoms with Crippen LogP contribution in [0, 0.1) is 0 Å². The Hall–Kier alpha value is -1.26. The molecule has 0 heterocycles. The summed E-state index contributed by atoms with van der Waals surface area (Å²) >= 11 is 0. The normalized spacial score (nSPS) is 18.0. The number of guanidine groups is 1. The van der Waals surface area contributed by atoms with Crippen LogP contribution >= 0.6 is 0 Å². The molecule has 0 saturated heterocycles. The van der Waals surface area contributed by atoms with Crippen LogP contribution in [0.3, 0.4) is 0 Å². The van der Waals surface area contributed by atoms with Crippen molar-refractivity contribution >= 4 is 11.9 Å². The van der Waals surface area contributed by atoms with Gasteiger partial charge in [-0.25, -0.2) is 0 Å². The number of nitrogens with one attached hydrogen (secondary N) is 2. The lowest BCUT2D eigenvalue weighted by Crippen LogP contribution is -2.34. The second kappa shape index (κ2) is 6.35. The molecule has 0 spiro atoms. The van der Waals surface area contributed by atoms with Gasteiger partial charge >= 0.3 is 0 Å². The Balaban J connectivity index is 2.10. The summed E-state index contributed by atoms with van der Waals surface area (Å²) in [4.78, 5) is 15.5. The molecular weight excluding hydrogens is 204 g/mol. The van der Waals surface area contributed by atoms with Crippen LogP contribution in [0.15, 0.2) is 4.99 Å². The van der Waals surface area contributed by atoms with Gasteiger partial charge in [-0.2, -0.15) is 0 Å². The highest BCUT2D eigenvalue weighted by Gasteiger charge is 2.21. The first-order valence-corrected chi connectivity index (χ1v) is 5.97. The summed E-state index contributed by atoms with van der Waals surface area (Å²) in [7, 11) is 0. The van der Waals surface area contributed by atoms with Crippen LogP contribution in [0.4, 0.5) is 0 Å². The first-order chi connectivity index (χ1) is 7.61. The summed E-state index contributed by atoms with van der Waals surface area (Å²) in [5, 5.41) is 5.96. The molecule has 16 heavy (non-hydrogen) atoms. The molecule has 5 heteroatoms. The van der Waals surface area contributed by atoms with Gasteiger partial charge < -0.3 is 16.4 Å². The van der Waals surface area contributed by atoms with Crippen LogP contribution < -0.4 is 16.4 Å². The molecule has 1 aliphatic rings. The maximum absolute atomic E-state index is 11.4. The Morgan fingerprint density at radius 1 is 1.56 bits per heavy atom. The molecule has 1 unspecified atom stereocenters. The number of aliphatic imine (C=N–C) groups is 1. The second-order valence-corrected chi connectivity index (χ2v) is 4.31. The molecule has 1 saturated carbocycles. The van der Waals surface area contributed by atoms with Crippen molar-refractivity contribution in [2.24, 2.45) is 10.7 Å². The molecule has 5 nitrogen and oxygen atoms in total. The Bertz CT molecular complexity index is 261. The van der Waals surface area contributed by atoms with Crippen molar-refractivity contribution in [2.45, 2.75) is 51.6 Å². The average molecular weight is 226 g/mol. The summed E-state index contributed by atoms with van der Waals surface area (Å²) in [5.74, 6) is 0.496. The molecule has 0 aromatic heterocycles. The van der Waals surface area contributed by atoms with E-state index < -0.39 is 0 Å². The number of nitrogens with two attached hydrogens (primary N) is 1. The molecule has 1 aliphatic carbocycles. The fraction of sp³-hybridized carbons (Fsp3) is 0.818. The molecule has 0 aromatic rings. The van der Waals surface area contributed by atoms with Crippen molar-refractivity contribution in [3.05, 3.63) is 0 Å². The zero-order valence-electron chi connectivity index (χ0n) is 10.1. The first kappa shape index (κ1) is 12.8.